The molecular weight excluding hydrogens is 505 g/mol. The van der Waals surface area contributed by atoms with E-state index in [0.29, 0.717) is 19.5 Å². The third-order valence-electron chi connectivity index (χ3n) is 8.66. The second kappa shape index (κ2) is 9.51. The number of rotatable bonds is 8. The highest BCUT2D eigenvalue weighted by molar-refractivity contribution is 6.38. The van der Waals surface area contributed by atoms with Crippen molar-refractivity contribution in [2.24, 2.45) is 28.6 Å². The van der Waals surface area contributed by atoms with Gasteiger partial charge in [0.2, 0.25) is 17.6 Å². The zero-order chi connectivity index (χ0) is 28.4. The lowest BCUT2D eigenvalue weighted by Crippen LogP contribution is -2.61. The zero-order valence-corrected chi connectivity index (χ0v) is 22.5. The van der Waals surface area contributed by atoms with Crippen LogP contribution < -0.4 is 10.6 Å². The fourth-order valence-electron chi connectivity index (χ4n) is 5.84. The fourth-order valence-corrected chi connectivity index (χ4v) is 5.84. The number of likely N-dealkylation sites (tertiary alicyclic amines) is 2. The predicted octanol–water partition coefficient (Wildman–Crippen LogP) is 1.65. The van der Waals surface area contributed by atoms with Gasteiger partial charge in [-0.25, -0.2) is 0 Å². The van der Waals surface area contributed by atoms with E-state index >= 15 is 0 Å². The summed E-state index contributed by atoms with van der Waals surface area (Å²) in [6.45, 7) is 9.66. The maximum Gasteiger partial charge on any atom is 0.471 e. The summed E-state index contributed by atoms with van der Waals surface area (Å²) in [6, 6.07) is -3.57. The molecule has 4 fully saturated rings. The van der Waals surface area contributed by atoms with E-state index in [-0.39, 0.29) is 29.7 Å². The van der Waals surface area contributed by atoms with Crippen LogP contribution in [-0.4, -0.2) is 83.1 Å². The fraction of sp³-hybridized carbons (Fsp3) is 0.808. The molecule has 2 aliphatic carbocycles. The summed E-state index contributed by atoms with van der Waals surface area (Å²) < 4.78 is 39.1. The number of carbonyl (C=O) groups excluding carboxylic acids is 5. The summed E-state index contributed by atoms with van der Waals surface area (Å²) in [5.41, 5.74) is -1.36. The Morgan fingerprint density at radius 1 is 1.00 bits per heavy atom. The molecule has 2 saturated heterocycles. The van der Waals surface area contributed by atoms with Crippen LogP contribution in [0.4, 0.5) is 13.2 Å². The van der Waals surface area contributed by atoms with Crippen molar-refractivity contribution in [2.45, 2.75) is 84.6 Å². The molecule has 2 N–H and O–H groups in total. The van der Waals surface area contributed by atoms with E-state index in [2.05, 4.69) is 5.32 Å². The lowest BCUT2D eigenvalue weighted by Gasteiger charge is -2.38. The van der Waals surface area contributed by atoms with Crippen molar-refractivity contribution in [3.8, 4) is 0 Å². The zero-order valence-electron chi connectivity index (χ0n) is 22.5. The van der Waals surface area contributed by atoms with Crippen LogP contribution in [0.1, 0.15) is 60.3 Å². The second-order valence-corrected chi connectivity index (χ2v) is 12.9. The van der Waals surface area contributed by atoms with Gasteiger partial charge in [0.15, 0.2) is 0 Å². The molecule has 0 radical (unpaired) electrons. The Bertz CT molecular complexity index is 1030. The summed E-state index contributed by atoms with van der Waals surface area (Å²) in [4.78, 5) is 67.4. The van der Waals surface area contributed by atoms with Crippen molar-refractivity contribution in [2.75, 3.05) is 19.6 Å². The highest BCUT2D eigenvalue weighted by Gasteiger charge is 2.70. The summed E-state index contributed by atoms with van der Waals surface area (Å²) in [5, 5.41) is 4.57. The van der Waals surface area contributed by atoms with Crippen molar-refractivity contribution in [1.82, 2.24) is 20.4 Å². The minimum atomic E-state index is -5.17. The number of Topliss-reactive ketones (excluding diaryl/α,β-unsaturated/α-hetero) is 1. The van der Waals surface area contributed by atoms with Gasteiger partial charge in [-0.1, -0.05) is 47.5 Å². The van der Waals surface area contributed by atoms with Crippen molar-refractivity contribution in [3.05, 3.63) is 0 Å². The van der Waals surface area contributed by atoms with E-state index in [0.717, 1.165) is 19.3 Å². The maximum absolute atomic E-state index is 13.7. The highest BCUT2D eigenvalue weighted by Crippen LogP contribution is 2.65. The molecule has 38 heavy (non-hydrogen) atoms. The molecule has 12 heteroatoms. The van der Waals surface area contributed by atoms with Gasteiger partial charge in [-0.15, -0.1) is 0 Å². The number of nitrogens with zero attached hydrogens (tertiary/aromatic N) is 2. The first-order chi connectivity index (χ1) is 17.4. The maximum atomic E-state index is 13.7. The quantitative estimate of drug-likeness (QED) is 0.453. The van der Waals surface area contributed by atoms with Gasteiger partial charge < -0.3 is 20.4 Å². The average molecular weight is 543 g/mol. The second-order valence-electron chi connectivity index (χ2n) is 12.9. The monoisotopic (exact) mass is 542 g/mol. The minimum absolute atomic E-state index is 0.0542. The van der Waals surface area contributed by atoms with E-state index in [4.69, 9.17) is 0 Å². The highest BCUT2D eigenvalue weighted by atomic mass is 19.4. The molecule has 2 aliphatic heterocycles. The van der Waals surface area contributed by atoms with Crippen LogP contribution in [0.3, 0.4) is 0 Å². The number of ketones is 1. The van der Waals surface area contributed by atoms with Crippen LogP contribution >= 0.6 is 0 Å². The van der Waals surface area contributed by atoms with Gasteiger partial charge in [-0.2, -0.15) is 13.2 Å². The van der Waals surface area contributed by atoms with Gasteiger partial charge in [0.1, 0.15) is 12.1 Å². The lowest BCUT2D eigenvalue weighted by molar-refractivity contribution is -0.176. The van der Waals surface area contributed by atoms with Crippen molar-refractivity contribution >= 4 is 29.4 Å². The number of piperidine rings is 1. The molecule has 2 unspecified atom stereocenters. The Balaban J connectivity index is 1.55. The Kier molecular flexibility index (Phi) is 7.10. The standard InChI is InChI=1S/C26H37F3N4O5/c1-24(2,3)19(31-23(38)26(27,28)29)22(37)33-12-14-16(25(14,4)5)17(33)20(35)30-15(11-13-7-8-13)18(34)21(36)32-9-6-10-32/h13-17,19H,6-12H2,1-5H3,(H,30,35)(H,31,38)/t14-,15?,16-,17-,19?/m0/s1. The molecule has 2 heterocycles. The number of carbonyl (C=O) groups is 5. The number of hydrogen-bond donors (Lipinski definition) is 2. The molecule has 212 valence electrons. The molecule has 2 saturated carbocycles. The van der Waals surface area contributed by atoms with Gasteiger partial charge in [0.05, 0.1) is 6.04 Å². The smallest absolute Gasteiger partial charge is 0.344 e. The molecule has 0 spiro atoms. The first kappa shape index (κ1) is 28.4. The van der Waals surface area contributed by atoms with Gasteiger partial charge in [0.25, 0.3) is 5.91 Å². The lowest BCUT2D eigenvalue weighted by atomic mass is 9.85. The van der Waals surface area contributed by atoms with Crippen LogP contribution in [0.5, 0.6) is 0 Å². The number of hydrogen-bond acceptors (Lipinski definition) is 5. The summed E-state index contributed by atoms with van der Waals surface area (Å²) >= 11 is 0. The molecule has 0 aromatic carbocycles. The van der Waals surface area contributed by atoms with E-state index in [1.54, 1.807) is 0 Å². The van der Waals surface area contributed by atoms with Crippen molar-refractivity contribution < 1.29 is 37.1 Å². The number of halogens is 3. The Morgan fingerprint density at radius 2 is 1.61 bits per heavy atom. The third kappa shape index (κ3) is 5.40. The van der Waals surface area contributed by atoms with E-state index in [9.17, 15) is 37.1 Å². The number of nitrogens with one attached hydrogen (secondary N) is 2. The Labute approximate surface area is 220 Å². The van der Waals surface area contributed by atoms with Gasteiger partial charge in [-0.3, -0.25) is 24.0 Å². The molecule has 4 aliphatic rings. The van der Waals surface area contributed by atoms with E-state index in [1.165, 1.54) is 30.6 Å². The van der Waals surface area contributed by atoms with Gasteiger partial charge in [0, 0.05) is 19.6 Å². The van der Waals surface area contributed by atoms with Crippen LogP contribution in [0.25, 0.3) is 0 Å². The van der Waals surface area contributed by atoms with Gasteiger partial charge >= 0.3 is 12.1 Å². The molecule has 4 rings (SSSR count). The van der Waals surface area contributed by atoms with Gasteiger partial charge in [-0.05, 0) is 41.4 Å². The number of amides is 4. The largest absolute Gasteiger partial charge is 0.471 e. The SMILES string of the molecule is CC(C)(C)C(NC(=O)C(F)(F)F)C(=O)N1C[C@H]2[C@@H]([C@H]1C(=O)NC(CC1CC1)C(=O)C(=O)N1CCC1)C2(C)C. The first-order valence-electron chi connectivity index (χ1n) is 13.3. The molecule has 9 nitrogen and oxygen atoms in total. The van der Waals surface area contributed by atoms with Crippen LogP contribution in [0.15, 0.2) is 0 Å². The van der Waals surface area contributed by atoms with E-state index in [1.807, 2.05) is 19.2 Å². The van der Waals surface area contributed by atoms with Crippen LogP contribution in [0.2, 0.25) is 0 Å². The first-order valence-corrected chi connectivity index (χ1v) is 13.3. The molecule has 0 aromatic heterocycles. The van der Waals surface area contributed by atoms with Crippen molar-refractivity contribution in [1.29, 1.82) is 0 Å². The topological polar surface area (TPSA) is 116 Å². The number of fused-ring (bicyclic) bond motifs is 1. The minimum Gasteiger partial charge on any atom is -0.344 e. The molecule has 0 bridgehead atoms. The Morgan fingerprint density at radius 3 is 2.08 bits per heavy atom. The molecule has 5 atom stereocenters. The number of alkyl halides is 3. The van der Waals surface area contributed by atoms with E-state index < -0.39 is 59.1 Å². The van der Waals surface area contributed by atoms with Crippen LogP contribution in [-0.2, 0) is 24.0 Å². The summed E-state index contributed by atoms with van der Waals surface area (Å²) in [5.74, 6) is -5.00. The normalized spacial score (nSPS) is 27.5. The average Bonchev–Trinajstić information content (AvgIpc) is 3.60. The third-order valence-corrected chi connectivity index (χ3v) is 8.66. The predicted molar refractivity (Wildman–Crippen MR) is 129 cm³/mol. The molecular formula is C26H37F3N4O5. The van der Waals surface area contributed by atoms with Crippen LogP contribution in [0, 0.1) is 28.6 Å². The summed E-state index contributed by atoms with van der Waals surface area (Å²) in [6.07, 6.45) is -2.23. The molecule has 4 amide bonds. The summed E-state index contributed by atoms with van der Waals surface area (Å²) in [7, 11) is 0. The Hall–Kier alpha value is -2.66. The van der Waals surface area contributed by atoms with Crippen molar-refractivity contribution in [3.63, 3.8) is 0 Å². The molecule has 0 aromatic rings.